The third-order valence-electron chi connectivity index (χ3n) is 3.62. The molecule has 0 spiro atoms. The highest BCUT2D eigenvalue weighted by atomic mass is 16.5. The van der Waals surface area contributed by atoms with Crippen molar-refractivity contribution in [3.05, 3.63) is 0 Å². The zero-order valence-corrected chi connectivity index (χ0v) is 11.7. The Balaban J connectivity index is 2.70. The van der Waals surface area contributed by atoms with Crippen molar-refractivity contribution in [2.24, 2.45) is 5.92 Å². The Morgan fingerprint density at radius 2 is 2.00 bits per heavy atom. The lowest BCUT2D eigenvalue weighted by Gasteiger charge is -2.35. The van der Waals surface area contributed by atoms with Crippen LogP contribution in [0.5, 0.6) is 0 Å². The van der Waals surface area contributed by atoms with E-state index in [1.807, 2.05) is 18.7 Å². The number of rotatable bonds is 7. The Morgan fingerprint density at radius 1 is 1.41 bits per heavy atom. The topological polar surface area (TPSA) is 38.8 Å². The lowest BCUT2D eigenvalue weighted by molar-refractivity contribution is -0.154. The van der Waals surface area contributed by atoms with Gasteiger partial charge >= 0.3 is 0 Å². The van der Waals surface area contributed by atoms with Gasteiger partial charge in [0.1, 0.15) is 5.60 Å². The molecule has 17 heavy (non-hydrogen) atoms. The van der Waals surface area contributed by atoms with Gasteiger partial charge in [-0.2, -0.15) is 0 Å². The van der Waals surface area contributed by atoms with Crippen LogP contribution in [0.4, 0.5) is 0 Å². The standard InChI is InChI=1S/C13H25NO3/c1-10(11-6-7-11)14(8-9-16-4)12(15)13(2,3)17-5/h10-11H,6-9H2,1-5H3. The molecule has 0 saturated heterocycles. The lowest BCUT2D eigenvalue weighted by atomic mass is 10.0. The minimum Gasteiger partial charge on any atom is -0.383 e. The molecule has 1 aliphatic carbocycles. The second-order valence-electron chi connectivity index (χ2n) is 5.28. The van der Waals surface area contributed by atoms with E-state index >= 15 is 0 Å². The van der Waals surface area contributed by atoms with Crippen LogP contribution in [0.3, 0.4) is 0 Å². The van der Waals surface area contributed by atoms with Crippen molar-refractivity contribution >= 4 is 5.91 Å². The van der Waals surface area contributed by atoms with Gasteiger partial charge in [-0.3, -0.25) is 4.79 Å². The van der Waals surface area contributed by atoms with Gasteiger partial charge in [-0.15, -0.1) is 0 Å². The predicted octanol–water partition coefficient (Wildman–Crippen LogP) is 1.68. The molecule has 1 rings (SSSR count). The second-order valence-corrected chi connectivity index (χ2v) is 5.28. The van der Waals surface area contributed by atoms with E-state index in [0.29, 0.717) is 19.1 Å². The number of methoxy groups -OCH3 is 2. The van der Waals surface area contributed by atoms with Gasteiger partial charge in [0.05, 0.1) is 6.61 Å². The van der Waals surface area contributed by atoms with E-state index in [1.165, 1.54) is 12.8 Å². The van der Waals surface area contributed by atoms with Crippen LogP contribution in [0.15, 0.2) is 0 Å². The molecule has 4 nitrogen and oxygen atoms in total. The quantitative estimate of drug-likeness (QED) is 0.683. The summed E-state index contributed by atoms with van der Waals surface area (Å²) >= 11 is 0. The largest absolute Gasteiger partial charge is 0.383 e. The predicted molar refractivity (Wildman–Crippen MR) is 66.9 cm³/mol. The molecule has 0 bridgehead atoms. The highest BCUT2D eigenvalue weighted by Gasteiger charge is 2.39. The van der Waals surface area contributed by atoms with E-state index in [2.05, 4.69) is 6.92 Å². The smallest absolute Gasteiger partial charge is 0.254 e. The van der Waals surface area contributed by atoms with Gasteiger partial charge in [0.2, 0.25) is 0 Å². The normalized spacial score (nSPS) is 17.9. The molecule has 100 valence electrons. The van der Waals surface area contributed by atoms with Crippen molar-refractivity contribution < 1.29 is 14.3 Å². The molecule has 1 fully saturated rings. The third kappa shape index (κ3) is 3.68. The highest BCUT2D eigenvalue weighted by Crippen LogP contribution is 2.35. The van der Waals surface area contributed by atoms with Crippen LogP contribution < -0.4 is 0 Å². The summed E-state index contributed by atoms with van der Waals surface area (Å²) in [6, 6.07) is 0.284. The molecule has 1 aliphatic rings. The Hall–Kier alpha value is -0.610. The van der Waals surface area contributed by atoms with Gasteiger partial charge in [-0.25, -0.2) is 0 Å². The average molecular weight is 243 g/mol. The fourth-order valence-electron chi connectivity index (χ4n) is 1.95. The first kappa shape index (κ1) is 14.5. The number of carbonyl (C=O) groups excluding carboxylic acids is 1. The summed E-state index contributed by atoms with van der Waals surface area (Å²) < 4.78 is 10.4. The lowest BCUT2D eigenvalue weighted by Crippen LogP contribution is -2.51. The van der Waals surface area contributed by atoms with Crippen LogP contribution in [0, 0.1) is 5.92 Å². The number of amides is 1. The van der Waals surface area contributed by atoms with E-state index in [0.717, 1.165) is 0 Å². The zero-order valence-electron chi connectivity index (χ0n) is 11.7. The van der Waals surface area contributed by atoms with Gasteiger partial charge in [-0.05, 0) is 39.5 Å². The molecule has 0 radical (unpaired) electrons. The highest BCUT2D eigenvalue weighted by molar-refractivity contribution is 5.84. The first-order valence-electron chi connectivity index (χ1n) is 6.29. The molecule has 1 atom stereocenters. The van der Waals surface area contributed by atoms with Gasteiger partial charge in [0.25, 0.3) is 5.91 Å². The van der Waals surface area contributed by atoms with E-state index in [9.17, 15) is 4.79 Å². The molecule has 0 N–H and O–H groups in total. The molecular formula is C13H25NO3. The Bertz CT molecular complexity index is 261. The molecule has 0 aromatic heterocycles. The zero-order chi connectivity index (χ0) is 13.1. The van der Waals surface area contributed by atoms with Crippen molar-refractivity contribution in [2.45, 2.75) is 45.3 Å². The molecule has 1 saturated carbocycles. The van der Waals surface area contributed by atoms with Crippen molar-refractivity contribution in [3.8, 4) is 0 Å². The van der Waals surface area contributed by atoms with Crippen LogP contribution in [0.1, 0.15) is 33.6 Å². The molecule has 0 heterocycles. The van der Waals surface area contributed by atoms with Gasteiger partial charge in [0.15, 0.2) is 0 Å². The number of nitrogens with zero attached hydrogens (tertiary/aromatic N) is 1. The fraction of sp³-hybridized carbons (Fsp3) is 0.923. The Kier molecular flexibility index (Phi) is 4.95. The first-order chi connectivity index (χ1) is 7.94. The minimum absolute atomic E-state index is 0.0523. The molecule has 1 unspecified atom stereocenters. The first-order valence-corrected chi connectivity index (χ1v) is 6.29. The Morgan fingerprint density at radius 3 is 2.41 bits per heavy atom. The minimum atomic E-state index is -0.753. The average Bonchev–Trinajstić information content (AvgIpc) is 3.12. The maximum atomic E-state index is 12.4. The van der Waals surface area contributed by atoms with Crippen LogP contribution in [0.25, 0.3) is 0 Å². The molecule has 4 heteroatoms. The van der Waals surface area contributed by atoms with Crippen LogP contribution in [-0.4, -0.2) is 49.8 Å². The number of carbonyl (C=O) groups is 1. The Labute approximate surface area is 104 Å². The van der Waals surface area contributed by atoms with Gasteiger partial charge in [-0.1, -0.05) is 0 Å². The number of ether oxygens (including phenoxy) is 2. The molecular weight excluding hydrogens is 218 g/mol. The van der Waals surface area contributed by atoms with E-state index in [1.54, 1.807) is 14.2 Å². The number of hydrogen-bond acceptors (Lipinski definition) is 3. The molecule has 1 amide bonds. The molecule has 0 aromatic carbocycles. The van der Waals surface area contributed by atoms with Crippen molar-refractivity contribution in [1.82, 2.24) is 4.90 Å². The number of hydrogen-bond donors (Lipinski definition) is 0. The summed E-state index contributed by atoms with van der Waals surface area (Å²) in [7, 11) is 3.24. The van der Waals surface area contributed by atoms with Crippen molar-refractivity contribution in [2.75, 3.05) is 27.4 Å². The summed E-state index contributed by atoms with van der Waals surface area (Å²) in [5.41, 5.74) is -0.753. The van der Waals surface area contributed by atoms with Crippen LogP contribution >= 0.6 is 0 Å². The van der Waals surface area contributed by atoms with Crippen molar-refractivity contribution in [3.63, 3.8) is 0 Å². The van der Waals surface area contributed by atoms with E-state index < -0.39 is 5.60 Å². The monoisotopic (exact) mass is 243 g/mol. The summed E-state index contributed by atoms with van der Waals surface area (Å²) in [5.74, 6) is 0.708. The summed E-state index contributed by atoms with van der Waals surface area (Å²) in [6.07, 6.45) is 2.46. The van der Waals surface area contributed by atoms with Gasteiger partial charge < -0.3 is 14.4 Å². The molecule has 0 aromatic rings. The maximum Gasteiger partial charge on any atom is 0.254 e. The molecule has 0 aliphatic heterocycles. The summed E-state index contributed by atoms with van der Waals surface area (Å²) in [6.45, 7) is 6.96. The summed E-state index contributed by atoms with van der Waals surface area (Å²) in [5, 5.41) is 0. The van der Waals surface area contributed by atoms with Crippen LogP contribution in [0.2, 0.25) is 0 Å². The van der Waals surface area contributed by atoms with E-state index in [4.69, 9.17) is 9.47 Å². The SMILES string of the molecule is COCCN(C(=O)C(C)(C)OC)C(C)C1CC1. The second kappa shape index (κ2) is 5.83. The maximum absolute atomic E-state index is 12.4. The van der Waals surface area contributed by atoms with E-state index in [-0.39, 0.29) is 11.9 Å². The van der Waals surface area contributed by atoms with Gasteiger partial charge in [0, 0.05) is 26.8 Å². The third-order valence-corrected chi connectivity index (χ3v) is 3.62. The fourth-order valence-corrected chi connectivity index (χ4v) is 1.95. The summed E-state index contributed by atoms with van der Waals surface area (Å²) in [4.78, 5) is 14.3. The van der Waals surface area contributed by atoms with Crippen molar-refractivity contribution in [1.29, 1.82) is 0 Å². The van der Waals surface area contributed by atoms with Crippen LogP contribution in [-0.2, 0) is 14.3 Å².